The van der Waals surface area contributed by atoms with E-state index in [1.54, 1.807) is 17.8 Å². The standard InChI is InChI=1S/C12H21N3O3S/c1-9(2)15-8-12(10(3)14-15)19(16,17)13-7-11-5-4-6-18-11/h8-9,11,13H,4-7H2,1-3H3. The van der Waals surface area contributed by atoms with Gasteiger partial charge in [-0.05, 0) is 33.6 Å². The quantitative estimate of drug-likeness (QED) is 0.884. The van der Waals surface area contributed by atoms with E-state index >= 15 is 0 Å². The summed E-state index contributed by atoms with van der Waals surface area (Å²) >= 11 is 0. The van der Waals surface area contributed by atoms with Crippen LogP contribution >= 0.6 is 0 Å². The van der Waals surface area contributed by atoms with Crippen LogP contribution in [-0.2, 0) is 14.8 Å². The summed E-state index contributed by atoms with van der Waals surface area (Å²) in [4.78, 5) is 0.249. The average molecular weight is 287 g/mol. The molecule has 0 bridgehead atoms. The SMILES string of the molecule is Cc1nn(C(C)C)cc1S(=O)(=O)NCC1CCCO1. The maximum absolute atomic E-state index is 12.2. The van der Waals surface area contributed by atoms with Crippen molar-refractivity contribution < 1.29 is 13.2 Å². The maximum Gasteiger partial charge on any atom is 0.244 e. The zero-order valence-corrected chi connectivity index (χ0v) is 12.4. The Hall–Kier alpha value is -0.920. The maximum atomic E-state index is 12.2. The molecule has 0 aliphatic carbocycles. The van der Waals surface area contributed by atoms with E-state index < -0.39 is 10.0 Å². The number of aromatic nitrogens is 2. The Labute approximate surface area is 114 Å². The van der Waals surface area contributed by atoms with Gasteiger partial charge in [0, 0.05) is 25.4 Å². The second kappa shape index (κ2) is 5.60. The van der Waals surface area contributed by atoms with Crippen molar-refractivity contribution in [3.63, 3.8) is 0 Å². The number of nitrogens with zero attached hydrogens (tertiary/aromatic N) is 2. The first-order chi connectivity index (χ1) is 8.90. The summed E-state index contributed by atoms with van der Waals surface area (Å²) in [5, 5.41) is 4.22. The van der Waals surface area contributed by atoms with Crippen molar-refractivity contribution in [2.45, 2.75) is 50.7 Å². The number of sulfonamides is 1. The summed E-state index contributed by atoms with van der Waals surface area (Å²) in [7, 11) is -3.50. The molecule has 1 aromatic rings. The number of rotatable bonds is 5. The van der Waals surface area contributed by atoms with Crippen molar-refractivity contribution in [3.05, 3.63) is 11.9 Å². The van der Waals surface area contributed by atoms with Gasteiger partial charge in [-0.3, -0.25) is 4.68 Å². The molecule has 2 heterocycles. The molecule has 1 N–H and O–H groups in total. The summed E-state index contributed by atoms with van der Waals surface area (Å²) in [5.41, 5.74) is 0.522. The van der Waals surface area contributed by atoms with Gasteiger partial charge < -0.3 is 4.74 Å². The fourth-order valence-electron chi connectivity index (χ4n) is 2.08. The first-order valence-corrected chi connectivity index (χ1v) is 8.05. The second-order valence-electron chi connectivity index (χ2n) is 5.14. The summed E-state index contributed by atoms with van der Waals surface area (Å²) in [6.07, 6.45) is 3.48. The van der Waals surface area contributed by atoms with Crippen LogP contribution in [0, 0.1) is 6.92 Å². The summed E-state index contributed by atoms with van der Waals surface area (Å²) in [6, 6.07) is 0.140. The van der Waals surface area contributed by atoms with Crippen LogP contribution in [0.1, 0.15) is 38.4 Å². The minimum Gasteiger partial charge on any atom is -0.377 e. The molecule has 1 unspecified atom stereocenters. The van der Waals surface area contributed by atoms with E-state index in [1.165, 1.54) is 0 Å². The molecule has 0 aromatic carbocycles. The first-order valence-electron chi connectivity index (χ1n) is 6.57. The van der Waals surface area contributed by atoms with Crippen molar-refractivity contribution in [2.24, 2.45) is 0 Å². The molecule has 7 heteroatoms. The highest BCUT2D eigenvalue weighted by molar-refractivity contribution is 7.89. The van der Waals surface area contributed by atoms with Crippen LogP contribution < -0.4 is 4.72 Å². The van der Waals surface area contributed by atoms with Crippen molar-refractivity contribution in [2.75, 3.05) is 13.2 Å². The van der Waals surface area contributed by atoms with Crippen molar-refractivity contribution in [3.8, 4) is 0 Å². The Morgan fingerprint density at radius 3 is 2.84 bits per heavy atom. The van der Waals surface area contributed by atoms with Gasteiger partial charge in [0.05, 0.1) is 11.8 Å². The predicted molar refractivity (Wildman–Crippen MR) is 71.5 cm³/mol. The lowest BCUT2D eigenvalue weighted by molar-refractivity contribution is 0.114. The number of ether oxygens (including phenoxy) is 1. The molecular weight excluding hydrogens is 266 g/mol. The average Bonchev–Trinajstić information content (AvgIpc) is 2.95. The number of aryl methyl sites for hydroxylation is 1. The molecule has 0 amide bonds. The van der Waals surface area contributed by atoms with Gasteiger partial charge in [-0.2, -0.15) is 5.10 Å². The molecule has 1 saturated heterocycles. The summed E-state index contributed by atoms with van der Waals surface area (Å²) in [6.45, 7) is 6.68. The van der Waals surface area contributed by atoms with E-state index in [9.17, 15) is 8.42 Å². The van der Waals surface area contributed by atoms with Crippen LogP contribution in [0.15, 0.2) is 11.1 Å². The van der Waals surface area contributed by atoms with Gasteiger partial charge in [-0.15, -0.1) is 0 Å². The summed E-state index contributed by atoms with van der Waals surface area (Å²) in [5.74, 6) is 0. The molecule has 1 aliphatic heterocycles. The van der Waals surface area contributed by atoms with Crippen LogP contribution in [0.25, 0.3) is 0 Å². The molecule has 0 radical (unpaired) electrons. The van der Waals surface area contributed by atoms with Crippen molar-refractivity contribution in [1.82, 2.24) is 14.5 Å². The van der Waals surface area contributed by atoms with Crippen molar-refractivity contribution >= 4 is 10.0 Å². The highest BCUT2D eigenvalue weighted by Gasteiger charge is 2.23. The highest BCUT2D eigenvalue weighted by atomic mass is 32.2. The van der Waals surface area contributed by atoms with E-state index in [-0.39, 0.29) is 17.0 Å². The van der Waals surface area contributed by atoms with Crippen LogP contribution in [0.4, 0.5) is 0 Å². The monoisotopic (exact) mass is 287 g/mol. The smallest absolute Gasteiger partial charge is 0.244 e. The Morgan fingerprint density at radius 2 is 2.32 bits per heavy atom. The minimum atomic E-state index is -3.50. The highest BCUT2D eigenvalue weighted by Crippen LogP contribution is 2.17. The van der Waals surface area contributed by atoms with Gasteiger partial charge in [0.25, 0.3) is 0 Å². The van der Waals surface area contributed by atoms with E-state index in [2.05, 4.69) is 9.82 Å². The topological polar surface area (TPSA) is 73.2 Å². The molecule has 19 heavy (non-hydrogen) atoms. The molecule has 0 saturated carbocycles. The van der Waals surface area contributed by atoms with Gasteiger partial charge in [-0.25, -0.2) is 13.1 Å². The van der Waals surface area contributed by atoms with Crippen LogP contribution in [0.2, 0.25) is 0 Å². The fraction of sp³-hybridized carbons (Fsp3) is 0.750. The van der Waals surface area contributed by atoms with Crippen molar-refractivity contribution in [1.29, 1.82) is 0 Å². The third kappa shape index (κ3) is 3.34. The Bertz CT molecular complexity index is 530. The largest absolute Gasteiger partial charge is 0.377 e. The number of nitrogens with one attached hydrogen (secondary N) is 1. The fourth-order valence-corrected chi connectivity index (χ4v) is 3.32. The zero-order valence-electron chi connectivity index (χ0n) is 11.6. The lowest BCUT2D eigenvalue weighted by Crippen LogP contribution is -2.32. The third-order valence-corrected chi connectivity index (χ3v) is 4.74. The van der Waals surface area contributed by atoms with Gasteiger partial charge in [0.2, 0.25) is 10.0 Å². The minimum absolute atomic E-state index is 0.00442. The van der Waals surface area contributed by atoms with E-state index in [1.807, 2.05) is 13.8 Å². The lowest BCUT2D eigenvalue weighted by Gasteiger charge is -2.10. The molecule has 1 fully saturated rings. The zero-order chi connectivity index (χ0) is 14.0. The van der Waals surface area contributed by atoms with Gasteiger partial charge >= 0.3 is 0 Å². The Balaban J connectivity index is 2.10. The van der Waals surface area contributed by atoms with E-state index in [4.69, 9.17) is 4.74 Å². The van der Waals surface area contributed by atoms with Gasteiger partial charge in [0.15, 0.2) is 0 Å². The molecular formula is C12H21N3O3S. The Morgan fingerprint density at radius 1 is 1.58 bits per heavy atom. The molecule has 0 spiro atoms. The number of hydrogen-bond donors (Lipinski definition) is 1. The first kappa shape index (κ1) is 14.5. The Kier molecular flexibility index (Phi) is 4.27. The van der Waals surface area contributed by atoms with Crippen LogP contribution in [0.3, 0.4) is 0 Å². The van der Waals surface area contributed by atoms with Crippen LogP contribution in [-0.4, -0.2) is 37.5 Å². The molecule has 6 nitrogen and oxygen atoms in total. The number of hydrogen-bond acceptors (Lipinski definition) is 4. The third-order valence-electron chi connectivity index (χ3n) is 3.22. The second-order valence-corrected chi connectivity index (χ2v) is 6.87. The molecule has 1 aromatic heterocycles. The molecule has 1 atom stereocenters. The molecule has 108 valence electrons. The van der Waals surface area contributed by atoms with Gasteiger partial charge in [-0.1, -0.05) is 0 Å². The predicted octanol–water partition coefficient (Wildman–Crippen LogP) is 1.23. The molecule has 1 aliphatic rings. The van der Waals surface area contributed by atoms with Gasteiger partial charge in [0.1, 0.15) is 4.90 Å². The lowest BCUT2D eigenvalue weighted by atomic mass is 10.2. The molecule has 2 rings (SSSR count). The summed E-state index contributed by atoms with van der Waals surface area (Å²) < 4.78 is 34.1. The van der Waals surface area contributed by atoms with Crippen LogP contribution in [0.5, 0.6) is 0 Å². The normalized spacial score (nSPS) is 20.3. The van der Waals surface area contributed by atoms with E-state index in [0.29, 0.717) is 12.2 Å². The van der Waals surface area contributed by atoms with E-state index in [0.717, 1.165) is 19.4 Å².